The molecule has 0 bridgehead atoms. The molecule has 0 amide bonds. The van der Waals surface area contributed by atoms with E-state index in [2.05, 4.69) is 26.0 Å². The van der Waals surface area contributed by atoms with Gasteiger partial charge in [-0.15, -0.1) is 0 Å². The fourth-order valence-electron chi connectivity index (χ4n) is 2.40. The Balaban J connectivity index is 3.13. The predicted molar refractivity (Wildman–Crippen MR) is 86.5 cm³/mol. The third-order valence-electron chi connectivity index (χ3n) is 3.67. The maximum atomic E-state index is 9.59. The molecule has 0 saturated carbocycles. The number of rotatable bonds is 14. The molecule has 0 fully saturated rings. The molecule has 0 aromatic rings. The monoisotopic (exact) mass is 268 g/mol. The lowest BCUT2D eigenvalue weighted by molar-refractivity contribution is 0.150. The zero-order valence-electron chi connectivity index (χ0n) is 13.4. The lowest BCUT2D eigenvalue weighted by Gasteiger charge is -2.07. The highest BCUT2D eigenvalue weighted by Crippen LogP contribution is 2.10. The molecule has 1 atom stereocenters. The summed E-state index contributed by atoms with van der Waals surface area (Å²) < 4.78 is 0. The molecule has 1 N–H and O–H groups in total. The Morgan fingerprint density at radius 2 is 1.26 bits per heavy atom. The smallest absolute Gasteiger partial charge is 0.0540 e. The van der Waals surface area contributed by atoms with Crippen LogP contribution in [0.1, 0.15) is 97.3 Å². The second kappa shape index (κ2) is 15.8. The third-order valence-corrected chi connectivity index (χ3v) is 3.67. The molecule has 0 aliphatic rings. The van der Waals surface area contributed by atoms with Crippen LogP contribution in [0.15, 0.2) is 12.2 Å². The van der Waals surface area contributed by atoms with Crippen LogP contribution in [-0.2, 0) is 0 Å². The summed E-state index contributed by atoms with van der Waals surface area (Å²) in [6.45, 7) is 4.40. The number of aliphatic hydroxyl groups excluding tert-OH is 1. The van der Waals surface area contributed by atoms with Crippen LogP contribution >= 0.6 is 0 Å². The van der Waals surface area contributed by atoms with E-state index in [0.717, 1.165) is 19.3 Å². The topological polar surface area (TPSA) is 20.2 Å². The van der Waals surface area contributed by atoms with Gasteiger partial charge < -0.3 is 5.11 Å². The van der Waals surface area contributed by atoms with E-state index in [-0.39, 0.29) is 6.10 Å². The molecule has 0 spiro atoms. The van der Waals surface area contributed by atoms with Crippen LogP contribution in [0, 0.1) is 0 Å². The van der Waals surface area contributed by atoms with Gasteiger partial charge in [-0.1, -0.05) is 70.9 Å². The molecule has 0 radical (unpaired) electrons. The van der Waals surface area contributed by atoms with Crippen molar-refractivity contribution in [2.45, 2.75) is 103 Å². The van der Waals surface area contributed by atoms with Crippen molar-refractivity contribution in [1.29, 1.82) is 0 Å². The molecule has 114 valence electrons. The summed E-state index contributed by atoms with van der Waals surface area (Å²) >= 11 is 0. The molecule has 19 heavy (non-hydrogen) atoms. The van der Waals surface area contributed by atoms with Crippen LogP contribution in [0.2, 0.25) is 0 Å². The van der Waals surface area contributed by atoms with Crippen molar-refractivity contribution in [3.05, 3.63) is 12.2 Å². The van der Waals surface area contributed by atoms with E-state index in [4.69, 9.17) is 0 Å². The van der Waals surface area contributed by atoms with Gasteiger partial charge in [-0.05, 0) is 38.5 Å². The number of unbranched alkanes of at least 4 members (excludes halogenated alkanes) is 8. The van der Waals surface area contributed by atoms with Crippen molar-refractivity contribution in [2.24, 2.45) is 0 Å². The second-order valence-corrected chi connectivity index (χ2v) is 5.75. The number of aliphatic hydroxyl groups is 1. The van der Waals surface area contributed by atoms with Crippen molar-refractivity contribution in [1.82, 2.24) is 0 Å². The van der Waals surface area contributed by atoms with E-state index in [0.29, 0.717) is 0 Å². The van der Waals surface area contributed by atoms with E-state index in [9.17, 15) is 5.11 Å². The largest absolute Gasteiger partial charge is 0.393 e. The van der Waals surface area contributed by atoms with E-state index < -0.39 is 0 Å². The van der Waals surface area contributed by atoms with Crippen LogP contribution in [0.25, 0.3) is 0 Å². The lowest BCUT2D eigenvalue weighted by atomic mass is 10.1. The summed E-state index contributed by atoms with van der Waals surface area (Å²) in [6, 6.07) is 0. The highest BCUT2D eigenvalue weighted by Gasteiger charge is 2.00. The molecule has 0 aromatic carbocycles. The minimum Gasteiger partial charge on any atom is -0.393 e. The van der Waals surface area contributed by atoms with Crippen LogP contribution in [0.5, 0.6) is 0 Å². The van der Waals surface area contributed by atoms with E-state index in [1.807, 2.05) is 0 Å². The zero-order chi connectivity index (χ0) is 14.2. The SMILES string of the molecule is CCCCCCCCC=CCCCCC(O)CCC. The van der Waals surface area contributed by atoms with Gasteiger partial charge in [0, 0.05) is 0 Å². The molecular formula is C18H36O. The maximum Gasteiger partial charge on any atom is 0.0540 e. The summed E-state index contributed by atoms with van der Waals surface area (Å²) in [4.78, 5) is 0. The summed E-state index contributed by atoms with van der Waals surface area (Å²) in [5.74, 6) is 0. The molecule has 0 saturated heterocycles. The Bertz CT molecular complexity index is 186. The first-order chi connectivity index (χ1) is 9.31. The first kappa shape index (κ1) is 18.7. The zero-order valence-corrected chi connectivity index (χ0v) is 13.4. The van der Waals surface area contributed by atoms with Crippen molar-refractivity contribution in [2.75, 3.05) is 0 Å². The summed E-state index contributed by atoms with van der Waals surface area (Å²) in [5.41, 5.74) is 0. The van der Waals surface area contributed by atoms with Gasteiger partial charge in [-0.25, -0.2) is 0 Å². The van der Waals surface area contributed by atoms with Gasteiger partial charge in [-0.2, -0.15) is 0 Å². The quantitative estimate of drug-likeness (QED) is 0.302. The fourth-order valence-corrected chi connectivity index (χ4v) is 2.40. The van der Waals surface area contributed by atoms with Gasteiger partial charge in [-0.3, -0.25) is 0 Å². The fraction of sp³-hybridized carbons (Fsp3) is 0.889. The Labute approximate surface area is 121 Å². The van der Waals surface area contributed by atoms with Gasteiger partial charge in [0.05, 0.1) is 6.10 Å². The number of hydrogen-bond donors (Lipinski definition) is 1. The third kappa shape index (κ3) is 15.6. The average molecular weight is 268 g/mol. The standard InChI is InChI=1S/C18H36O/c1-3-5-6-7-8-9-10-11-12-13-14-15-17-18(19)16-4-2/h11-12,18-19H,3-10,13-17H2,1-2H3. The molecule has 0 rings (SSSR count). The van der Waals surface area contributed by atoms with E-state index >= 15 is 0 Å². The van der Waals surface area contributed by atoms with Gasteiger partial charge >= 0.3 is 0 Å². The second-order valence-electron chi connectivity index (χ2n) is 5.75. The Morgan fingerprint density at radius 1 is 0.684 bits per heavy atom. The Kier molecular flexibility index (Phi) is 15.5. The highest BCUT2D eigenvalue weighted by molar-refractivity contribution is 4.81. The molecular weight excluding hydrogens is 232 g/mol. The minimum atomic E-state index is -0.0582. The normalized spacial score (nSPS) is 13.2. The van der Waals surface area contributed by atoms with Gasteiger partial charge in [0.15, 0.2) is 0 Å². The Morgan fingerprint density at radius 3 is 1.89 bits per heavy atom. The average Bonchev–Trinajstić information content (AvgIpc) is 2.40. The summed E-state index contributed by atoms with van der Waals surface area (Å²) in [5, 5.41) is 9.59. The minimum absolute atomic E-state index is 0.0582. The van der Waals surface area contributed by atoms with Crippen LogP contribution in [0.3, 0.4) is 0 Å². The first-order valence-corrected chi connectivity index (χ1v) is 8.64. The van der Waals surface area contributed by atoms with Crippen molar-refractivity contribution < 1.29 is 5.11 Å². The van der Waals surface area contributed by atoms with Crippen molar-refractivity contribution in [3.63, 3.8) is 0 Å². The Hall–Kier alpha value is -0.300. The highest BCUT2D eigenvalue weighted by atomic mass is 16.3. The number of allylic oxidation sites excluding steroid dienone is 2. The number of hydrogen-bond acceptors (Lipinski definition) is 1. The molecule has 0 aromatic heterocycles. The molecule has 1 nitrogen and oxygen atoms in total. The molecule has 0 aliphatic carbocycles. The van der Waals surface area contributed by atoms with Gasteiger partial charge in [0.2, 0.25) is 0 Å². The van der Waals surface area contributed by atoms with E-state index in [1.165, 1.54) is 64.2 Å². The molecule has 0 heterocycles. The van der Waals surface area contributed by atoms with Crippen LogP contribution in [-0.4, -0.2) is 11.2 Å². The van der Waals surface area contributed by atoms with Gasteiger partial charge in [0.1, 0.15) is 0 Å². The van der Waals surface area contributed by atoms with Crippen molar-refractivity contribution in [3.8, 4) is 0 Å². The maximum absolute atomic E-state index is 9.59. The van der Waals surface area contributed by atoms with Crippen LogP contribution < -0.4 is 0 Å². The predicted octanol–water partition coefficient (Wildman–Crippen LogP) is 6.01. The van der Waals surface area contributed by atoms with E-state index in [1.54, 1.807) is 0 Å². The lowest BCUT2D eigenvalue weighted by Crippen LogP contribution is -2.04. The van der Waals surface area contributed by atoms with Crippen molar-refractivity contribution >= 4 is 0 Å². The van der Waals surface area contributed by atoms with Gasteiger partial charge in [0.25, 0.3) is 0 Å². The molecule has 1 heteroatoms. The summed E-state index contributed by atoms with van der Waals surface area (Å²) in [7, 11) is 0. The summed E-state index contributed by atoms with van der Waals surface area (Å²) in [6.07, 6.45) is 20.8. The van der Waals surface area contributed by atoms with Crippen LogP contribution in [0.4, 0.5) is 0 Å². The molecule has 1 unspecified atom stereocenters. The first-order valence-electron chi connectivity index (χ1n) is 8.64. The molecule has 0 aliphatic heterocycles.